The Morgan fingerprint density at radius 1 is 1.44 bits per heavy atom. The maximum atomic E-state index is 11.4. The minimum atomic E-state index is 0.157. The SMILES string of the molecule is CCCN1CCCc2ccc(C(C)=O)cc21. The highest BCUT2D eigenvalue weighted by Crippen LogP contribution is 2.28. The van der Waals surface area contributed by atoms with Gasteiger partial charge in [0, 0.05) is 24.3 Å². The van der Waals surface area contributed by atoms with Crippen molar-refractivity contribution < 1.29 is 4.79 Å². The molecule has 1 aliphatic rings. The fourth-order valence-electron chi connectivity index (χ4n) is 2.37. The molecule has 0 saturated heterocycles. The lowest BCUT2D eigenvalue weighted by atomic mass is 9.98. The highest BCUT2D eigenvalue weighted by Gasteiger charge is 2.16. The summed E-state index contributed by atoms with van der Waals surface area (Å²) in [4.78, 5) is 13.8. The van der Waals surface area contributed by atoms with Crippen molar-refractivity contribution in [3.05, 3.63) is 29.3 Å². The van der Waals surface area contributed by atoms with Gasteiger partial charge in [-0.05, 0) is 37.8 Å². The van der Waals surface area contributed by atoms with Gasteiger partial charge in [0.1, 0.15) is 0 Å². The van der Waals surface area contributed by atoms with E-state index in [2.05, 4.69) is 24.0 Å². The van der Waals surface area contributed by atoms with Crippen molar-refractivity contribution in [2.45, 2.75) is 33.1 Å². The highest BCUT2D eigenvalue weighted by atomic mass is 16.1. The number of hydrogen-bond donors (Lipinski definition) is 0. The summed E-state index contributed by atoms with van der Waals surface area (Å²) in [5, 5.41) is 0. The Morgan fingerprint density at radius 2 is 2.25 bits per heavy atom. The van der Waals surface area contributed by atoms with Crippen molar-refractivity contribution in [2.24, 2.45) is 0 Å². The second-order valence-corrected chi connectivity index (χ2v) is 4.49. The average molecular weight is 217 g/mol. The Hall–Kier alpha value is -1.31. The number of benzene rings is 1. The van der Waals surface area contributed by atoms with Gasteiger partial charge in [-0.1, -0.05) is 19.1 Å². The number of aryl methyl sites for hydroxylation is 1. The van der Waals surface area contributed by atoms with Crippen molar-refractivity contribution in [2.75, 3.05) is 18.0 Å². The molecule has 0 saturated carbocycles. The molecular formula is C14H19NO. The van der Waals surface area contributed by atoms with Crippen LogP contribution in [-0.4, -0.2) is 18.9 Å². The van der Waals surface area contributed by atoms with Crippen LogP contribution in [0.15, 0.2) is 18.2 Å². The van der Waals surface area contributed by atoms with Crippen molar-refractivity contribution in [1.82, 2.24) is 0 Å². The van der Waals surface area contributed by atoms with E-state index in [-0.39, 0.29) is 5.78 Å². The summed E-state index contributed by atoms with van der Waals surface area (Å²) in [6.07, 6.45) is 3.53. The molecule has 1 aromatic rings. The quantitative estimate of drug-likeness (QED) is 0.725. The highest BCUT2D eigenvalue weighted by molar-refractivity contribution is 5.95. The van der Waals surface area contributed by atoms with Crippen LogP contribution in [-0.2, 0) is 6.42 Å². The minimum Gasteiger partial charge on any atom is -0.371 e. The number of hydrogen-bond acceptors (Lipinski definition) is 2. The molecule has 0 unspecified atom stereocenters. The maximum absolute atomic E-state index is 11.4. The zero-order valence-corrected chi connectivity index (χ0v) is 10.1. The van der Waals surface area contributed by atoms with E-state index < -0.39 is 0 Å². The summed E-state index contributed by atoms with van der Waals surface area (Å²) < 4.78 is 0. The van der Waals surface area contributed by atoms with Crippen molar-refractivity contribution in [3.63, 3.8) is 0 Å². The number of ketones is 1. The van der Waals surface area contributed by atoms with Gasteiger partial charge in [-0.2, -0.15) is 0 Å². The predicted molar refractivity (Wildman–Crippen MR) is 67.3 cm³/mol. The zero-order valence-electron chi connectivity index (χ0n) is 10.1. The Labute approximate surface area is 97.3 Å². The molecule has 1 aliphatic heterocycles. The molecule has 0 aliphatic carbocycles. The summed E-state index contributed by atoms with van der Waals surface area (Å²) in [5.41, 5.74) is 3.51. The van der Waals surface area contributed by atoms with Crippen LogP contribution < -0.4 is 4.90 Å². The van der Waals surface area contributed by atoms with E-state index in [9.17, 15) is 4.79 Å². The maximum Gasteiger partial charge on any atom is 0.159 e. The molecule has 0 N–H and O–H groups in total. The average Bonchev–Trinajstić information content (AvgIpc) is 2.29. The zero-order chi connectivity index (χ0) is 11.5. The number of Topliss-reactive ketones (excluding diaryl/α,β-unsaturated/α-hetero) is 1. The lowest BCUT2D eigenvalue weighted by Gasteiger charge is -2.31. The molecule has 16 heavy (non-hydrogen) atoms. The Balaban J connectivity index is 2.36. The van der Waals surface area contributed by atoms with Gasteiger partial charge < -0.3 is 4.90 Å². The molecule has 1 heterocycles. The number of carbonyl (C=O) groups is 1. The van der Waals surface area contributed by atoms with Crippen molar-refractivity contribution >= 4 is 11.5 Å². The first kappa shape index (κ1) is 11.2. The summed E-state index contributed by atoms with van der Waals surface area (Å²) in [6, 6.07) is 6.14. The van der Waals surface area contributed by atoms with Gasteiger partial charge in [-0.15, -0.1) is 0 Å². The van der Waals surface area contributed by atoms with Gasteiger partial charge >= 0.3 is 0 Å². The molecule has 0 bridgehead atoms. The lowest BCUT2D eigenvalue weighted by Crippen LogP contribution is -2.30. The fourth-order valence-corrected chi connectivity index (χ4v) is 2.37. The van der Waals surface area contributed by atoms with Crippen molar-refractivity contribution in [3.8, 4) is 0 Å². The second-order valence-electron chi connectivity index (χ2n) is 4.49. The van der Waals surface area contributed by atoms with Crippen LogP contribution in [0, 0.1) is 0 Å². The first-order valence-corrected chi connectivity index (χ1v) is 6.11. The number of nitrogens with zero attached hydrogens (tertiary/aromatic N) is 1. The standard InChI is InChI=1S/C14H19NO/c1-3-8-15-9-4-5-12-6-7-13(11(2)16)10-14(12)15/h6-7,10H,3-5,8-9H2,1-2H3. The first-order chi connectivity index (χ1) is 7.72. The molecular weight excluding hydrogens is 198 g/mol. The van der Waals surface area contributed by atoms with Crippen LogP contribution in [0.2, 0.25) is 0 Å². The Kier molecular flexibility index (Phi) is 3.28. The van der Waals surface area contributed by atoms with E-state index in [1.54, 1.807) is 6.92 Å². The number of anilines is 1. The van der Waals surface area contributed by atoms with E-state index >= 15 is 0 Å². The van der Waals surface area contributed by atoms with Gasteiger partial charge in [0.25, 0.3) is 0 Å². The largest absolute Gasteiger partial charge is 0.371 e. The number of rotatable bonds is 3. The molecule has 0 atom stereocenters. The molecule has 0 amide bonds. The van der Waals surface area contributed by atoms with Gasteiger partial charge in [-0.3, -0.25) is 4.79 Å². The van der Waals surface area contributed by atoms with Gasteiger partial charge in [0.15, 0.2) is 5.78 Å². The van der Waals surface area contributed by atoms with Crippen LogP contribution in [0.3, 0.4) is 0 Å². The fraction of sp³-hybridized carbons (Fsp3) is 0.500. The molecule has 0 spiro atoms. The molecule has 2 rings (SSSR count). The predicted octanol–water partition coefficient (Wildman–Crippen LogP) is 3.05. The minimum absolute atomic E-state index is 0.157. The summed E-state index contributed by atoms with van der Waals surface area (Å²) in [5.74, 6) is 0.157. The molecule has 1 aromatic carbocycles. The first-order valence-electron chi connectivity index (χ1n) is 6.11. The third kappa shape index (κ3) is 2.11. The number of fused-ring (bicyclic) bond motifs is 1. The third-order valence-electron chi connectivity index (χ3n) is 3.20. The Bertz CT molecular complexity index is 398. The Morgan fingerprint density at radius 3 is 2.94 bits per heavy atom. The number of carbonyl (C=O) groups excluding carboxylic acids is 1. The monoisotopic (exact) mass is 217 g/mol. The topological polar surface area (TPSA) is 20.3 Å². The second kappa shape index (κ2) is 4.69. The summed E-state index contributed by atoms with van der Waals surface area (Å²) >= 11 is 0. The molecule has 2 nitrogen and oxygen atoms in total. The normalized spacial score (nSPS) is 14.8. The van der Waals surface area contributed by atoms with E-state index in [0.717, 1.165) is 31.5 Å². The summed E-state index contributed by atoms with van der Waals surface area (Å²) in [7, 11) is 0. The molecule has 0 radical (unpaired) electrons. The van der Waals surface area contributed by atoms with E-state index in [0.29, 0.717) is 0 Å². The molecule has 2 heteroatoms. The molecule has 86 valence electrons. The van der Waals surface area contributed by atoms with Gasteiger partial charge in [-0.25, -0.2) is 0 Å². The van der Waals surface area contributed by atoms with Gasteiger partial charge in [0.05, 0.1) is 0 Å². The van der Waals surface area contributed by atoms with E-state index in [4.69, 9.17) is 0 Å². The van der Waals surface area contributed by atoms with Crippen LogP contribution in [0.4, 0.5) is 5.69 Å². The smallest absolute Gasteiger partial charge is 0.159 e. The van der Waals surface area contributed by atoms with Crippen LogP contribution in [0.1, 0.15) is 42.6 Å². The lowest BCUT2D eigenvalue weighted by molar-refractivity contribution is 0.101. The molecule has 0 fully saturated rings. The molecule has 0 aromatic heterocycles. The van der Waals surface area contributed by atoms with Crippen LogP contribution in [0.5, 0.6) is 0 Å². The van der Waals surface area contributed by atoms with Crippen LogP contribution >= 0.6 is 0 Å². The van der Waals surface area contributed by atoms with Crippen LogP contribution in [0.25, 0.3) is 0 Å². The van der Waals surface area contributed by atoms with Crippen molar-refractivity contribution in [1.29, 1.82) is 0 Å². The van der Waals surface area contributed by atoms with Gasteiger partial charge in [0.2, 0.25) is 0 Å². The van der Waals surface area contributed by atoms with E-state index in [1.165, 1.54) is 17.7 Å². The van der Waals surface area contributed by atoms with E-state index in [1.807, 2.05) is 6.07 Å². The summed E-state index contributed by atoms with van der Waals surface area (Å²) in [6.45, 7) is 6.05. The third-order valence-corrected chi connectivity index (χ3v) is 3.20.